The van der Waals surface area contributed by atoms with Crippen LogP contribution in [0.15, 0.2) is 42.7 Å². The number of rotatable bonds is 12. The van der Waals surface area contributed by atoms with Crippen LogP contribution in [0.1, 0.15) is 16.8 Å². The highest BCUT2D eigenvalue weighted by Gasteiger charge is 2.48. The van der Waals surface area contributed by atoms with Gasteiger partial charge in [0.25, 0.3) is 0 Å². The molecule has 13 atom stereocenters. The summed E-state index contributed by atoms with van der Waals surface area (Å²) in [7, 11) is 1.14. The highest BCUT2D eigenvalue weighted by atomic mass is 16.8. The fourth-order valence-corrected chi connectivity index (χ4v) is 5.52. The number of esters is 2. The summed E-state index contributed by atoms with van der Waals surface area (Å²) >= 11 is 0. The van der Waals surface area contributed by atoms with Crippen molar-refractivity contribution in [3.05, 3.63) is 48.3 Å². The van der Waals surface area contributed by atoms with E-state index in [9.17, 15) is 55.5 Å². The van der Waals surface area contributed by atoms with Gasteiger partial charge < -0.3 is 79.1 Å². The van der Waals surface area contributed by atoms with Gasteiger partial charge in [0.2, 0.25) is 12.6 Å². The maximum atomic E-state index is 13.0. The Balaban J connectivity index is 1.45. The smallest absolute Gasteiger partial charge is 0.342 e. The molecule has 3 aliphatic rings. The highest BCUT2D eigenvalue weighted by Crippen LogP contribution is 2.38. The zero-order valence-electron chi connectivity index (χ0n) is 25.6. The number of aromatic hydroxyl groups is 1. The molecule has 3 aliphatic heterocycles. The summed E-state index contributed by atoms with van der Waals surface area (Å²) in [6, 6.07) is 3.76. The molecular weight excluding hydrogens is 648 g/mol. The highest BCUT2D eigenvalue weighted by molar-refractivity contribution is 5.93. The van der Waals surface area contributed by atoms with Crippen LogP contribution in [0.4, 0.5) is 0 Å². The molecule has 0 bridgehead atoms. The van der Waals surface area contributed by atoms with Gasteiger partial charge in [-0.1, -0.05) is 12.1 Å². The number of carbonyl (C=O) groups is 2. The van der Waals surface area contributed by atoms with Crippen LogP contribution in [0.5, 0.6) is 11.5 Å². The molecule has 1 aromatic carbocycles. The molecule has 0 aromatic heterocycles. The molecule has 18 heteroatoms. The third-order valence-corrected chi connectivity index (χ3v) is 8.29. The Labute approximate surface area is 273 Å². The molecule has 0 saturated carbocycles. The van der Waals surface area contributed by atoms with Crippen molar-refractivity contribution in [2.75, 3.05) is 26.9 Å². The van der Waals surface area contributed by atoms with Crippen molar-refractivity contribution < 1.29 is 88.7 Å². The molecule has 48 heavy (non-hydrogen) atoms. The Kier molecular flexibility index (Phi) is 12.7. The maximum Gasteiger partial charge on any atom is 0.342 e. The molecule has 1 aromatic rings. The molecule has 0 spiro atoms. The molecule has 0 radical (unpaired) electrons. The molecule has 0 unspecified atom stereocenters. The van der Waals surface area contributed by atoms with Crippen LogP contribution >= 0.6 is 0 Å². The summed E-state index contributed by atoms with van der Waals surface area (Å²) in [5.41, 5.74) is -0.346. The predicted octanol–water partition coefficient (Wildman–Crippen LogP) is -3.23. The first-order valence-corrected chi connectivity index (χ1v) is 14.9. The Morgan fingerprint density at radius 2 is 1.46 bits per heavy atom. The summed E-state index contributed by atoms with van der Waals surface area (Å²) < 4.78 is 37.6. The van der Waals surface area contributed by atoms with Crippen molar-refractivity contribution >= 4 is 11.9 Å². The number of aliphatic hydroxyl groups is 8. The number of para-hydroxylation sites is 1. The van der Waals surface area contributed by atoms with Gasteiger partial charge >= 0.3 is 11.9 Å². The van der Waals surface area contributed by atoms with E-state index in [1.165, 1.54) is 24.3 Å². The number of hydrogen-bond donors (Lipinski definition) is 9. The number of methoxy groups -OCH3 is 1. The monoisotopic (exact) mass is 688 g/mol. The van der Waals surface area contributed by atoms with Crippen molar-refractivity contribution in [2.24, 2.45) is 11.8 Å². The lowest BCUT2D eigenvalue weighted by Gasteiger charge is -2.43. The quantitative estimate of drug-likeness (QED) is 0.0771. The van der Waals surface area contributed by atoms with Crippen molar-refractivity contribution in [1.82, 2.24) is 0 Å². The summed E-state index contributed by atoms with van der Waals surface area (Å²) in [4.78, 5) is 25.6. The van der Waals surface area contributed by atoms with E-state index in [1.54, 1.807) is 0 Å². The van der Waals surface area contributed by atoms with Gasteiger partial charge in [0.1, 0.15) is 54.4 Å². The molecule has 3 heterocycles. The third kappa shape index (κ3) is 7.74. The first kappa shape index (κ1) is 37.4. The molecule has 2 fully saturated rings. The zero-order valence-corrected chi connectivity index (χ0v) is 25.6. The number of phenolic OH excluding ortho intramolecular Hbond substituents is 1. The summed E-state index contributed by atoms with van der Waals surface area (Å²) in [5.74, 6) is -4.54. The van der Waals surface area contributed by atoms with Crippen LogP contribution in [0.2, 0.25) is 0 Å². The van der Waals surface area contributed by atoms with Crippen LogP contribution in [-0.4, -0.2) is 153 Å². The Bertz CT molecular complexity index is 1300. The molecule has 268 valence electrons. The molecule has 2 saturated heterocycles. The minimum absolute atomic E-state index is 0.0184. The van der Waals surface area contributed by atoms with E-state index in [0.29, 0.717) is 0 Å². The second-order valence-corrected chi connectivity index (χ2v) is 11.2. The second kappa shape index (κ2) is 16.3. The first-order valence-electron chi connectivity index (χ1n) is 14.9. The summed E-state index contributed by atoms with van der Waals surface area (Å²) in [6.45, 7) is 2.01. The molecule has 0 amide bonds. The number of benzene rings is 1. The van der Waals surface area contributed by atoms with Gasteiger partial charge in [-0.25, -0.2) is 9.59 Å². The first-order chi connectivity index (χ1) is 22.9. The lowest BCUT2D eigenvalue weighted by molar-refractivity contribution is -0.339. The van der Waals surface area contributed by atoms with E-state index in [4.69, 9.17) is 33.2 Å². The number of ether oxygens (including phenoxy) is 7. The Morgan fingerprint density at radius 1 is 0.854 bits per heavy atom. The average molecular weight is 689 g/mol. The van der Waals surface area contributed by atoms with Gasteiger partial charge in [-0.2, -0.15) is 0 Å². The Hall–Kier alpha value is -3.40. The number of hydrogen-bond acceptors (Lipinski definition) is 18. The number of aliphatic hydroxyl groups excluding tert-OH is 8. The number of carbonyl (C=O) groups excluding carboxylic acids is 2. The zero-order chi connectivity index (χ0) is 35.3. The Morgan fingerprint density at radius 3 is 2.04 bits per heavy atom. The van der Waals surface area contributed by atoms with E-state index in [-0.39, 0.29) is 29.9 Å². The lowest BCUT2D eigenvalue weighted by atomic mass is 9.82. The molecule has 9 N–H and O–H groups in total. The molecule has 0 aliphatic carbocycles. The van der Waals surface area contributed by atoms with Crippen LogP contribution < -0.4 is 4.74 Å². The van der Waals surface area contributed by atoms with Gasteiger partial charge in [-0.15, -0.1) is 6.58 Å². The minimum Gasteiger partial charge on any atom is -0.504 e. The van der Waals surface area contributed by atoms with E-state index >= 15 is 0 Å². The van der Waals surface area contributed by atoms with E-state index in [1.807, 2.05) is 0 Å². The second-order valence-electron chi connectivity index (χ2n) is 11.2. The summed E-state index contributed by atoms with van der Waals surface area (Å²) in [5, 5.41) is 90.5. The van der Waals surface area contributed by atoms with Crippen LogP contribution in [-0.2, 0) is 33.2 Å². The number of phenols is 1. The average Bonchev–Trinajstić information content (AvgIpc) is 3.09. The molecular formula is C30H40O18. The fourth-order valence-electron chi connectivity index (χ4n) is 5.52. The van der Waals surface area contributed by atoms with Crippen LogP contribution in [0.3, 0.4) is 0 Å². The fraction of sp³-hybridized carbons (Fsp3) is 0.600. The summed E-state index contributed by atoms with van der Waals surface area (Å²) in [6.07, 6.45) is -14.9. The van der Waals surface area contributed by atoms with E-state index < -0.39 is 110 Å². The van der Waals surface area contributed by atoms with Crippen molar-refractivity contribution in [2.45, 2.75) is 74.1 Å². The minimum atomic E-state index is -1.78. The SMILES string of the molecule is C=C[C@@H]1[C@@H](O[C@H]2O[C@@H](CO)[C@H](O)[C@@H](O)[C@@H]2O)OC=C(C(=O)OC)[C@@H]1CCOC(=O)c1cccc(O[C@H]2O[C@@H](CO)[C@H](O)[C@@H](O)[C@@H]2O)c1O. The van der Waals surface area contributed by atoms with Crippen LogP contribution in [0.25, 0.3) is 0 Å². The van der Waals surface area contributed by atoms with E-state index in [2.05, 4.69) is 6.58 Å². The van der Waals surface area contributed by atoms with Gasteiger partial charge in [0.05, 0.1) is 38.8 Å². The van der Waals surface area contributed by atoms with Crippen molar-refractivity contribution in [1.29, 1.82) is 0 Å². The molecule has 4 rings (SSSR count). The molecule has 18 nitrogen and oxygen atoms in total. The standard InChI is InChI=1S/C30H40O18/c1-3-12-13(15(26(40)42-2)11-44-28(12)48-30-25(39)23(37)21(35)18(10-32)47-30)7-8-43-27(41)14-5-4-6-16(19(14)33)45-29-24(38)22(36)20(34)17(9-31)46-29/h3-6,11-13,17-18,20-25,28-39H,1,7-10H2,2H3/t12-,13+,17-,18-,20-,21-,22+,23+,24-,25-,28+,29-,30+/m0/s1. The van der Waals surface area contributed by atoms with Gasteiger partial charge in [0, 0.05) is 11.8 Å². The topological polar surface area (TPSA) is 281 Å². The third-order valence-electron chi connectivity index (χ3n) is 8.29. The van der Waals surface area contributed by atoms with Gasteiger partial charge in [-0.3, -0.25) is 0 Å². The van der Waals surface area contributed by atoms with Gasteiger partial charge in [0.15, 0.2) is 17.8 Å². The van der Waals surface area contributed by atoms with Crippen molar-refractivity contribution in [3.63, 3.8) is 0 Å². The largest absolute Gasteiger partial charge is 0.504 e. The predicted molar refractivity (Wildman–Crippen MR) is 154 cm³/mol. The lowest BCUT2D eigenvalue weighted by Crippen LogP contribution is -2.60. The van der Waals surface area contributed by atoms with E-state index in [0.717, 1.165) is 13.4 Å². The maximum absolute atomic E-state index is 13.0. The van der Waals surface area contributed by atoms with Crippen LogP contribution in [0, 0.1) is 11.8 Å². The van der Waals surface area contributed by atoms with Crippen molar-refractivity contribution in [3.8, 4) is 11.5 Å². The van der Waals surface area contributed by atoms with Gasteiger partial charge in [-0.05, 0) is 18.6 Å². The normalized spacial score (nSPS) is 36.7.